The van der Waals surface area contributed by atoms with E-state index in [-0.39, 0.29) is 66.2 Å². The van der Waals surface area contributed by atoms with Gasteiger partial charge in [0.2, 0.25) is 23.6 Å². The molecular formula is C37H43N7O6. The first-order valence-corrected chi connectivity index (χ1v) is 17.6. The molecule has 2 saturated heterocycles. The minimum absolute atomic E-state index is 0.00173. The Hall–Kier alpha value is -5.20. The number of hydrogen-bond acceptors (Lipinski definition) is 7. The number of likely N-dealkylation sites (tertiary alicyclic amines) is 1. The molecule has 2 saturated carbocycles. The van der Waals surface area contributed by atoms with E-state index in [9.17, 15) is 24.0 Å². The standard InChI is InChI=1S/C37H43N7O6/c45-32(41-17-19-42(20-18-41)37(49)29-21-28(29)25-9-3-1-4-10-25)23-38-35(47)30-22-34(44(40-30)27-13-5-2-6-14-27)50-24-33(46)43-16-8-15-31(43)36(48)39-26-11-7-12-26/h1-6,9-10,13-14,22,26,28-29,31H,7-8,11-12,15-21,23-24H2,(H,38,47)(H,39,48)/t28-,29+,31-/m0/s1. The van der Waals surface area contributed by atoms with Crippen molar-refractivity contribution in [2.45, 2.75) is 56.5 Å². The van der Waals surface area contributed by atoms with Gasteiger partial charge in [0.05, 0.1) is 12.2 Å². The first kappa shape index (κ1) is 33.3. The number of ether oxygens (including phenoxy) is 1. The quantitative estimate of drug-likeness (QED) is 0.315. The minimum Gasteiger partial charge on any atom is -0.467 e. The molecule has 13 nitrogen and oxygen atoms in total. The van der Waals surface area contributed by atoms with Gasteiger partial charge >= 0.3 is 0 Å². The lowest BCUT2D eigenvalue weighted by Gasteiger charge is -2.35. The number of hydrogen-bond donors (Lipinski definition) is 2. The number of para-hydroxylation sites is 1. The van der Waals surface area contributed by atoms with Crippen LogP contribution >= 0.6 is 0 Å². The van der Waals surface area contributed by atoms with Crippen molar-refractivity contribution in [3.05, 3.63) is 78.0 Å². The Morgan fingerprint density at radius 1 is 0.800 bits per heavy atom. The predicted molar refractivity (Wildman–Crippen MR) is 182 cm³/mol. The second-order valence-electron chi connectivity index (χ2n) is 13.5. The Morgan fingerprint density at radius 3 is 2.20 bits per heavy atom. The Balaban J connectivity index is 0.918. The van der Waals surface area contributed by atoms with E-state index in [4.69, 9.17) is 4.74 Å². The van der Waals surface area contributed by atoms with Crippen LogP contribution < -0.4 is 15.4 Å². The van der Waals surface area contributed by atoms with Crippen molar-refractivity contribution >= 4 is 29.5 Å². The molecular weight excluding hydrogens is 638 g/mol. The summed E-state index contributed by atoms with van der Waals surface area (Å²) in [7, 11) is 0. The summed E-state index contributed by atoms with van der Waals surface area (Å²) in [5.74, 6) is -0.651. The molecule has 4 aliphatic rings. The number of benzene rings is 2. The first-order valence-electron chi connectivity index (χ1n) is 17.6. The van der Waals surface area contributed by atoms with Gasteiger partial charge in [-0.1, -0.05) is 48.5 Å². The topological polar surface area (TPSA) is 146 Å². The molecule has 2 N–H and O–H groups in total. The zero-order valence-corrected chi connectivity index (χ0v) is 28.0. The molecule has 3 aromatic rings. The largest absolute Gasteiger partial charge is 0.467 e. The fourth-order valence-electron chi connectivity index (χ4n) is 7.04. The van der Waals surface area contributed by atoms with Gasteiger partial charge in [0.25, 0.3) is 11.8 Å². The molecule has 13 heteroatoms. The Bertz CT molecular complexity index is 1720. The average molecular weight is 682 g/mol. The van der Waals surface area contributed by atoms with E-state index in [0.29, 0.717) is 44.8 Å². The van der Waals surface area contributed by atoms with Crippen molar-refractivity contribution in [1.82, 2.24) is 35.1 Å². The number of piperazine rings is 1. The van der Waals surface area contributed by atoms with Crippen LogP contribution in [0.3, 0.4) is 0 Å². The Morgan fingerprint density at radius 2 is 1.50 bits per heavy atom. The van der Waals surface area contributed by atoms with Gasteiger partial charge in [0.15, 0.2) is 12.3 Å². The Kier molecular flexibility index (Phi) is 9.81. The summed E-state index contributed by atoms with van der Waals surface area (Å²) in [5.41, 5.74) is 1.84. The van der Waals surface area contributed by atoms with Crippen LogP contribution in [0.5, 0.6) is 5.88 Å². The normalized spacial score (nSPS) is 21.7. The fraction of sp³-hybridized carbons (Fsp3) is 0.459. The molecule has 3 atom stereocenters. The highest BCUT2D eigenvalue weighted by molar-refractivity contribution is 5.95. The van der Waals surface area contributed by atoms with Crippen molar-refractivity contribution in [3.8, 4) is 11.6 Å². The number of nitrogens with one attached hydrogen (secondary N) is 2. The zero-order valence-electron chi connectivity index (χ0n) is 28.0. The second kappa shape index (κ2) is 14.7. The van der Waals surface area contributed by atoms with Crippen LogP contribution in [0.15, 0.2) is 66.7 Å². The molecule has 0 spiro atoms. The van der Waals surface area contributed by atoms with Crippen molar-refractivity contribution in [1.29, 1.82) is 0 Å². The van der Waals surface area contributed by atoms with Gasteiger partial charge in [-0.3, -0.25) is 24.0 Å². The summed E-state index contributed by atoms with van der Waals surface area (Å²) in [5, 5.41) is 10.2. The lowest BCUT2D eigenvalue weighted by molar-refractivity contribution is -0.140. The predicted octanol–water partition coefficient (Wildman–Crippen LogP) is 2.12. The van der Waals surface area contributed by atoms with E-state index in [1.165, 1.54) is 16.3 Å². The van der Waals surface area contributed by atoms with Gasteiger partial charge in [-0.15, -0.1) is 0 Å². The molecule has 2 aliphatic heterocycles. The van der Waals surface area contributed by atoms with Crippen LogP contribution in [-0.4, -0.2) is 112 Å². The van der Waals surface area contributed by atoms with Gasteiger partial charge in [0.1, 0.15) is 6.04 Å². The third-order valence-corrected chi connectivity index (χ3v) is 10.3. The molecule has 262 valence electrons. The maximum Gasteiger partial charge on any atom is 0.272 e. The van der Waals surface area contributed by atoms with Crippen molar-refractivity contribution in [3.63, 3.8) is 0 Å². The second-order valence-corrected chi connectivity index (χ2v) is 13.5. The van der Waals surface area contributed by atoms with E-state index in [1.807, 2.05) is 41.3 Å². The summed E-state index contributed by atoms with van der Waals surface area (Å²) in [6, 6.07) is 20.3. The average Bonchev–Trinajstić information content (AvgIpc) is 3.56. The number of rotatable bonds is 11. The van der Waals surface area contributed by atoms with E-state index in [1.54, 1.807) is 21.9 Å². The van der Waals surface area contributed by atoms with Gasteiger partial charge < -0.3 is 30.1 Å². The summed E-state index contributed by atoms with van der Waals surface area (Å²) >= 11 is 0. The Labute approximate surface area is 290 Å². The van der Waals surface area contributed by atoms with Crippen LogP contribution in [0.4, 0.5) is 0 Å². The molecule has 0 bridgehead atoms. The first-order chi connectivity index (χ1) is 24.4. The van der Waals surface area contributed by atoms with Crippen LogP contribution in [0.2, 0.25) is 0 Å². The highest BCUT2D eigenvalue weighted by Crippen LogP contribution is 2.48. The van der Waals surface area contributed by atoms with Crippen molar-refractivity contribution in [2.75, 3.05) is 45.9 Å². The van der Waals surface area contributed by atoms with Gasteiger partial charge in [0, 0.05) is 50.7 Å². The monoisotopic (exact) mass is 681 g/mol. The smallest absolute Gasteiger partial charge is 0.272 e. The lowest BCUT2D eigenvalue weighted by atomic mass is 9.93. The van der Waals surface area contributed by atoms with Crippen LogP contribution in [-0.2, 0) is 19.2 Å². The highest BCUT2D eigenvalue weighted by Gasteiger charge is 2.46. The molecule has 0 unspecified atom stereocenters. The van der Waals surface area contributed by atoms with Gasteiger partial charge in [-0.2, -0.15) is 5.10 Å². The van der Waals surface area contributed by atoms with Gasteiger partial charge in [-0.25, -0.2) is 4.68 Å². The fourth-order valence-corrected chi connectivity index (χ4v) is 7.04. The summed E-state index contributed by atoms with van der Waals surface area (Å²) in [6.45, 7) is 1.65. The van der Waals surface area contributed by atoms with E-state index in [2.05, 4.69) is 27.9 Å². The molecule has 4 fully saturated rings. The van der Waals surface area contributed by atoms with Crippen molar-refractivity contribution < 1.29 is 28.7 Å². The maximum absolute atomic E-state index is 13.2. The number of carbonyl (C=O) groups is 5. The third kappa shape index (κ3) is 7.36. The summed E-state index contributed by atoms with van der Waals surface area (Å²) in [4.78, 5) is 70.4. The maximum atomic E-state index is 13.2. The molecule has 7 rings (SSSR count). The van der Waals surface area contributed by atoms with Gasteiger partial charge in [-0.05, 0) is 62.1 Å². The number of amides is 5. The molecule has 2 aromatic carbocycles. The zero-order chi connectivity index (χ0) is 34.6. The van der Waals surface area contributed by atoms with Crippen molar-refractivity contribution in [2.24, 2.45) is 5.92 Å². The number of nitrogens with zero attached hydrogens (tertiary/aromatic N) is 5. The third-order valence-electron chi connectivity index (χ3n) is 10.3. The number of aromatic nitrogens is 2. The van der Waals surface area contributed by atoms with Crippen LogP contribution in [0, 0.1) is 5.92 Å². The van der Waals surface area contributed by atoms with E-state index in [0.717, 1.165) is 32.1 Å². The van der Waals surface area contributed by atoms with Crippen LogP contribution in [0.1, 0.15) is 60.5 Å². The van der Waals surface area contributed by atoms with E-state index >= 15 is 0 Å². The molecule has 2 aliphatic carbocycles. The summed E-state index contributed by atoms with van der Waals surface area (Å²) < 4.78 is 7.37. The van der Waals surface area contributed by atoms with Crippen LogP contribution in [0.25, 0.3) is 5.69 Å². The summed E-state index contributed by atoms with van der Waals surface area (Å²) in [6.07, 6.45) is 5.25. The molecule has 1 aromatic heterocycles. The minimum atomic E-state index is -0.564. The number of carbonyl (C=O) groups excluding carboxylic acids is 5. The SMILES string of the molecule is O=C(NCC(=O)N1CCN(C(=O)[C@@H]2C[C@H]2c2ccccc2)CC1)c1cc(OCC(=O)N2CCC[C@H]2C(=O)NC2CCC2)n(-c2ccccc2)n1. The van der Waals surface area contributed by atoms with E-state index < -0.39 is 11.9 Å². The molecule has 0 radical (unpaired) electrons. The highest BCUT2D eigenvalue weighted by atomic mass is 16.5. The lowest BCUT2D eigenvalue weighted by Crippen LogP contribution is -2.53. The molecule has 3 heterocycles. The molecule has 50 heavy (non-hydrogen) atoms. The molecule has 5 amide bonds.